The molecule has 0 aliphatic heterocycles. The van der Waals surface area contributed by atoms with Gasteiger partial charge in [0.15, 0.2) is 0 Å². The molecule has 0 radical (unpaired) electrons. The van der Waals surface area contributed by atoms with Gasteiger partial charge in [-0.05, 0) is 50.1 Å². The predicted octanol–water partition coefficient (Wildman–Crippen LogP) is 4.90. The average Bonchev–Trinajstić information content (AvgIpc) is 2.26. The number of likely N-dealkylation sites (N-methyl/N-ethyl adjacent to an activating group) is 1. The highest BCUT2D eigenvalue weighted by atomic mass is 14.9. The Morgan fingerprint density at radius 1 is 1.05 bits per heavy atom. The maximum atomic E-state index is 3.67. The maximum Gasteiger partial charge on any atom is 0.0110 e. The molecule has 0 aliphatic rings. The van der Waals surface area contributed by atoms with Crippen molar-refractivity contribution in [3.63, 3.8) is 0 Å². The van der Waals surface area contributed by atoms with Gasteiger partial charge in [0.25, 0.3) is 0 Å². The summed E-state index contributed by atoms with van der Waals surface area (Å²) in [5, 5.41) is 3.67. The normalized spacial score (nSPS) is 15.2. The molecule has 0 spiro atoms. The van der Waals surface area contributed by atoms with E-state index in [1.165, 1.54) is 23.1 Å². The Kier molecular flexibility index (Phi) is 6.26. The fourth-order valence-corrected chi connectivity index (χ4v) is 2.78. The predicted molar refractivity (Wildman–Crippen MR) is 90.3 cm³/mol. The molecule has 0 saturated carbocycles. The van der Waals surface area contributed by atoms with Gasteiger partial charge in [0.2, 0.25) is 0 Å². The molecule has 1 heteroatoms. The summed E-state index contributed by atoms with van der Waals surface area (Å²) in [7, 11) is 0. The molecule has 2 unspecified atom stereocenters. The monoisotopic (exact) mass is 275 g/mol. The topological polar surface area (TPSA) is 12.0 Å². The molecular formula is C19H33N. The van der Waals surface area contributed by atoms with Crippen molar-refractivity contribution in [3.05, 3.63) is 34.9 Å². The zero-order valence-electron chi connectivity index (χ0n) is 14.5. The summed E-state index contributed by atoms with van der Waals surface area (Å²) in [4.78, 5) is 0. The first-order valence-corrected chi connectivity index (χ1v) is 8.03. The van der Waals surface area contributed by atoms with Gasteiger partial charge in [-0.15, -0.1) is 0 Å². The van der Waals surface area contributed by atoms with E-state index < -0.39 is 0 Å². The van der Waals surface area contributed by atoms with Crippen molar-refractivity contribution < 1.29 is 0 Å². The second-order valence-corrected chi connectivity index (χ2v) is 7.46. The van der Waals surface area contributed by atoms with Crippen LogP contribution >= 0.6 is 0 Å². The van der Waals surface area contributed by atoms with Crippen LogP contribution in [-0.2, 0) is 6.42 Å². The lowest BCUT2D eigenvalue weighted by atomic mass is 9.77. The highest BCUT2D eigenvalue weighted by Gasteiger charge is 2.23. The van der Waals surface area contributed by atoms with Crippen LogP contribution in [0.2, 0.25) is 0 Å². The van der Waals surface area contributed by atoms with Crippen molar-refractivity contribution in [2.75, 3.05) is 6.54 Å². The molecule has 0 aromatic heterocycles. The molecule has 0 fully saturated rings. The maximum absolute atomic E-state index is 3.67. The first-order valence-electron chi connectivity index (χ1n) is 8.03. The second-order valence-electron chi connectivity index (χ2n) is 7.46. The molecule has 0 amide bonds. The SMILES string of the molecule is CCNC(Cc1cc(C)cc(C)c1)CC(C)C(C)(C)C. The Morgan fingerprint density at radius 2 is 1.60 bits per heavy atom. The molecule has 0 heterocycles. The van der Waals surface area contributed by atoms with Gasteiger partial charge >= 0.3 is 0 Å². The van der Waals surface area contributed by atoms with Crippen LogP contribution in [0.3, 0.4) is 0 Å². The van der Waals surface area contributed by atoms with Gasteiger partial charge in [-0.2, -0.15) is 0 Å². The van der Waals surface area contributed by atoms with E-state index in [1.54, 1.807) is 0 Å². The van der Waals surface area contributed by atoms with E-state index in [0.29, 0.717) is 11.5 Å². The number of hydrogen-bond acceptors (Lipinski definition) is 1. The van der Waals surface area contributed by atoms with Gasteiger partial charge in [0.05, 0.1) is 0 Å². The van der Waals surface area contributed by atoms with Crippen molar-refractivity contribution in [1.82, 2.24) is 5.32 Å². The molecular weight excluding hydrogens is 242 g/mol. The zero-order valence-corrected chi connectivity index (χ0v) is 14.5. The highest BCUT2D eigenvalue weighted by molar-refractivity contribution is 5.29. The molecule has 0 aliphatic carbocycles. The Morgan fingerprint density at radius 3 is 2.05 bits per heavy atom. The van der Waals surface area contributed by atoms with Crippen LogP contribution < -0.4 is 5.32 Å². The molecule has 2 atom stereocenters. The molecule has 1 aromatic rings. The third kappa shape index (κ3) is 5.66. The highest BCUT2D eigenvalue weighted by Crippen LogP contribution is 2.29. The number of aryl methyl sites for hydroxylation is 2. The first kappa shape index (κ1) is 17.2. The molecule has 1 rings (SSSR count). The fourth-order valence-electron chi connectivity index (χ4n) is 2.78. The lowest BCUT2D eigenvalue weighted by molar-refractivity contribution is 0.222. The minimum atomic E-state index is 0.385. The summed E-state index contributed by atoms with van der Waals surface area (Å²) in [5.74, 6) is 0.720. The quantitative estimate of drug-likeness (QED) is 0.779. The molecule has 0 saturated heterocycles. The van der Waals surface area contributed by atoms with Crippen LogP contribution in [0.5, 0.6) is 0 Å². The number of hydrogen-bond donors (Lipinski definition) is 1. The lowest BCUT2D eigenvalue weighted by Gasteiger charge is -2.31. The number of nitrogens with one attached hydrogen (secondary N) is 1. The van der Waals surface area contributed by atoms with Crippen LogP contribution in [0.25, 0.3) is 0 Å². The molecule has 20 heavy (non-hydrogen) atoms. The molecule has 0 bridgehead atoms. The van der Waals surface area contributed by atoms with Crippen LogP contribution in [0.4, 0.5) is 0 Å². The molecule has 1 nitrogen and oxygen atoms in total. The third-order valence-corrected chi connectivity index (χ3v) is 4.37. The van der Waals surface area contributed by atoms with E-state index in [0.717, 1.165) is 18.9 Å². The van der Waals surface area contributed by atoms with Gasteiger partial charge in [0.1, 0.15) is 0 Å². The van der Waals surface area contributed by atoms with Crippen LogP contribution in [0.15, 0.2) is 18.2 Å². The molecule has 114 valence electrons. The Bertz CT molecular complexity index is 394. The summed E-state index contributed by atoms with van der Waals surface area (Å²) in [6, 6.07) is 7.50. The lowest BCUT2D eigenvalue weighted by Crippen LogP contribution is -2.35. The smallest absolute Gasteiger partial charge is 0.0110 e. The standard InChI is InChI=1S/C19H33N/c1-8-20-18(12-16(4)19(5,6)7)13-17-10-14(2)9-15(3)11-17/h9-11,16,18,20H,8,12-13H2,1-7H3. The minimum Gasteiger partial charge on any atom is -0.314 e. The second kappa shape index (κ2) is 7.26. The van der Waals surface area contributed by atoms with E-state index in [4.69, 9.17) is 0 Å². The van der Waals surface area contributed by atoms with Crippen molar-refractivity contribution in [3.8, 4) is 0 Å². The molecule has 1 N–H and O–H groups in total. The van der Waals surface area contributed by atoms with Gasteiger partial charge < -0.3 is 5.32 Å². The Hall–Kier alpha value is -0.820. The van der Waals surface area contributed by atoms with Crippen molar-refractivity contribution >= 4 is 0 Å². The van der Waals surface area contributed by atoms with Crippen LogP contribution in [0, 0.1) is 25.2 Å². The summed E-state index contributed by atoms with van der Waals surface area (Å²) < 4.78 is 0. The summed E-state index contributed by atoms with van der Waals surface area (Å²) in [6.45, 7) is 17.0. The van der Waals surface area contributed by atoms with E-state index >= 15 is 0 Å². The fraction of sp³-hybridized carbons (Fsp3) is 0.684. The minimum absolute atomic E-state index is 0.385. The Balaban J connectivity index is 2.76. The Labute approximate surface area is 126 Å². The van der Waals surface area contributed by atoms with Crippen LogP contribution in [-0.4, -0.2) is 12.6 Å². The van der Waals surface area contributed by atoms with Crippen molar-refractivity contribution in [2.24, 2.45) is 11.3 Å². The summed E-state index contributed by atoms with van der Waals surface area (Å²) in [5.41, 5.74) is 4.60. The first-order chi connectivity index (χ1) is 9.22. The zero-order chi connectivity index (χ0) is 15.3. The van der Waals surface area contributed by atoms with Crippen molar-refractivity contribution in [1.29, 1.82) is 0 Å². The number of rotatable bonds is 6. The van der Waals surface area contributed by atoms with Gasteiger partial charge in [-0.25, -0.2) is 0 Å². The largest absolute Gasteiger partial charge is 0.314 e. The third-order valence-electron chi connectivity index (χ3n) is 4.37. The van der Waals surface area contributed by atoms with Gasteiger partial charge in [-0.1, -0.05) is 63.9 Å². The van der Waals surface area contributed by atoms with E-state index in [1.807, 2.05) is 0 Å². The van der Waals surface area contributed by atoms with Crippen molar-refractivity contribution in [2.45, 2.75) is 67.3 Å². The number of benzene rings is 1. The van der Waals surface area contributed by atoms with Gasteiger partial charge in [0, 0.05) is 6.04 Å². The summed E-state index contributed by atoms with van der Waals surface area (Å²) >= 11 is 0. The van der Waals surface area contributed by atoms with E-state index in [2.05, 4.69) is 72.0 Å². The summed E-state index contributed by atoms with van der Waals surface area (Å²) in [6.07, 6.45) is 2.38. The average molecular weight is 275 g/mol. The molecule has 1 aromatic carbocycles. The van der Waals surface area contributed by atoms with Gasteiger partial charge in [-0.3, -0.25) is 0 Å². The van der Waals surface area contributed by atoms with E-state index in [9.17, 15) is 0 Å². The van der Waals surface area contributed by atoms with E-state index in [-0.39, 0.29) is 0 Å². The van der Waals surface area contributed by atoms with Crippen LogP contribution in [0.1, 0.15) is 57.7 Å².